The van der Waals surface area contributed by atoms with Gasteiger partial charge in [-0.05, 0) is 93.2 Å². The van der Waals surface area contributed by atoms with Crippen LogP contribution in [-0.2, 0) is 37.1 Å². The van der Waals surface area contributed by atoms with Crippen LogP contribution in [0.4, 0.5) is 29.5 Å². The van der Waals surface area contributed by atoms with Gasteiger partial charge in [-0.15, -0.1) is 0 Å². The van der Waals surface area contributed by atoms with E-state index in [0.717, 1.165) is 25.0 Å². The van der Waals surface area contributed by atoms with E-state index in [9.17, 15) is 32.3 Å². The number of urea groups is 1. The summed E-state index contributed by atoms with van der Waals surface area (Å²) in [6, 6.07) is 10.3. The molecule has 2 aliphatic heterocycles. The minimum Gasteiger partial charge on any atom is -0.462 e. The van der Waals surface area contributed by atoms with Crippen molar-refractivity contribution < 1.29 is 41.6 Å². The second-order valence-corrected chi connectivity index (χ2v) is 16.5. The van der Waals surface area contributed by atoms with E-state index in [1.165, 1.54) is 28.8 Å². The van der Waals surface area contributed by atoms with Gasteiger partial charge in [-0.1, -0.05) is 39.0 Å². The van der Waals surface area contributed by atoms with Crippen molar-refractivity contribution in [1.82, 2.24) is 20.2 Å². The summed E-state index contributed by atoms with van der Waals surface area (Å²) < 4.78 is 59.6. The predicted molar refractivity (Wildman–Crippen MR) is 205 cm³/mol. The molecule has 3 aromatic rings. The van der Waals surface area contributed by atoms with E-state index in [2.05, 4.69) is 47.0 Å². The zero-order valence-corrected chi connectivity index (χ0v) is 32.8. The number of esters is 1. The molecule has 0 spiro atoms. The molecular formula is C40H48BF3N6O7. The highest BCUT2D eigenvalue weighted by molar-refractivity contribution is 6.47. The van der Waals surface area contributed by atoms with Gasteiger partial charge < -0.3 is 35.3 Å². The van der Waals surface area contributed by atoms with E-state index < -0.39 is 65.4 Å². The third-order valence-corrected chi connectivity index (χ3v) is 12.5. The molecule has 4 fully saturated rings. The van der Waals surface area contributed by atoms with Crippen LogP contribution in [0.1, 0.15) is 101 Å². The van der Waals surface area contributed by atoms with E-state index in [1.807, 2.05) is 6.92 Å². The number of nitrogens with one attached hydrogen (secondary N) is 4. The van der Waals surface area contributed by atoms with Crippen molar-refractivity contribution in [1.29, 1.82) is 0 Å². The van der Waals surface area contributed by atoms with Gasteiger partial charge >= 0.3 is 25.3 Å². The third-order valence-electron chi connectivity index (χ3n) is 12.5. The minimum absolute atomic E-state index is 0.0386. The number of carbonyl (C=O) groups excluding carboxylic acids is 3. The molecular weight excluding hydrogens is 744 g/mol. The normalized spacial score (nSPS) is 27.4. The number of halogens is 3. The molecule has 1 saturated heterocycles. The number of amides is 3. The van der Waals surface area contributed by atoms with Crippen LogP contribution in [0, 0.1) is 17.3 Å². The Morgan fingerprint density at radius 1 is 1.05 bits per heavy atom. The summed E-state index contributed by atoms with van der Waals surface area (Å²) in [6.45, 7) is 11.9. The van der Waals surface area contributed by atoms with Crippen LogP contribution in [0.3, 0.4) is 0 Å². The molecule has 2 bridgehead atoms. The zero-order chi connectivity index (χ0) is 41.1. The van der Waals surface area contributed by atoms with Gasteiger partial charge in [-0.3, -0.25) is 14.2 Å². The molecule has 2 aromatic carbocycles. The Labute approximate surface area is 329 Å². The lowest BCUT2D eigenvalue weighted by atomic mass is 9.43. The second-order valence-electron chi connectivity index (χ2n) is 16.5. The smallest absolute Gasteiger partial charge is 0.462 e. The van der Waals surface area contributed by atoms with E-state index >= 15 is 0 Å². The first kappa shape index (κ1) is 40.3. The van der Waals surface area contributed by atoms with Crippen LogP contribution in [0.2, 0.25) is 0 Å². The Hall–Kier alpha value is -4.90. The van der Waals surface area contributed by atoms with Gasteiger partial charge in [-0.2, -0.15) is 13.2 Å². The Kier molecular flexibility index (Phi) is 10.5. The first-order valence-corrected chi connectivity index (χ1v) is 19.4. The Bertz CT molecular complexity index is 2130. The largest absolute Gasteiger partial charge is 0.481 e. The first-order chi connectivity index (χ1) is 26.9. The maximum Gasteiger partial charge on any atom is 0.481 e. The number of hydrogen-bond acceptors (Lipinski definition) is 9. The summed E-state index contributed by atoms with van der Waals surface area (Å²) in [7, 11) is -0.706. The highest BCUT2D eigenvalue weighted by Gasteiger charge is 2.68. The molecule has 57 heavy (non-hydrogen) atoms. The fraction of sp³-hybridized carbons (Fsp3) is 0.525. The molecule has 1 aromatic heterocycles. The topological polar surface area (TPSA) is 162 Å². The van der Waals surface area contributed by atoms with Crippen molar-refractivity contribution in [2.75, 3.05) is 17.2 Å². The van der Waals surface area contributed by atoms with Gasteiger partial charge in [-0.25, -0.2) is 14.6 Å². The Morgan fingerprint density at radius 3 is 2.51 bits per heavy atom. The van der Waals surface area contributed by atoms with Gasteiger partial charge in [0.2, 0.25) is 5.91 Å². The number of rotatable bonds is 11. The van der Waals surface area contributed by atoms with Crippen LogP contribution in [-0.4, -0.2) is 58.8 Å². The van der Waals surface area contributed by atoms with Crippen LogP contribution < -0.4 is 26.8 Å². The number of carbonyl (C=O) groups is 3. The van der Waals surface area contributed by atoms with Crippen LogP contribution in [0.15, 0.2) is 59.4 Å². The van der Waals surface area contributed by atoms with Gasteiger partial charge in [0.1, 0.15) is 17.7 Å². The van der Waals surface area contributed by atoms with Crippen LogP contribution in [0.5, 0.6) is 0 Å². The fourth-order valence-electron chi connectivity index (χ4n) is 9.27. The molecule has 8 rings (SSSR count). The molecule has 3 amide bonds. The number of nitrogens with zero attached hydrogens (tertiary/aromatic N) is 2. The van der Waals surface area contributed by atoms with Crippen molar-refractivity contribution in [2.24, 2.45) is 17.3 Å². The standard InChI is InChI=1S/C40H48BF3N6O7/c1-7-30(41-56-29-18-25-17-28(37(25,3)4)39(29,6)57-41)47-33(52)27-20-38(5,49-36(54)46-26-14-10-12-23(16-26)34(53)55-8-2)35-48-31(19-32(51)50(27)35)45-21-22-11-9-13-24(15-22)40(42,43)44/h9-16,19,25,27-30,45H,7-8,17-18,20-21H2,1-6H3,(H,47,52)(H2,46,49,54)/t25-,27-,28-,29+,30-,38+,39-/m0/s1. The maximum absolute atomic E-state index is 14.3. The first-order valence-electron chi connectivity index (χ1n) is 19.4. The third kappa shape index (κ3) is 7.51. The van der Waals surface area contributed by atoms with Crippen LogP contribution >= 0.6 is 0 Å². The van der Waals surface area contributed by atoms with Gasteiger partial charge in [0, 0.05) is 24.7 Å². The van der Waals surface area contributed by atoms with Gasteiger partial charge in [0.25, 0.3) is 5.56 Å². The lowest BCUT2D eigenvalue weighted by molar-refractivity contribution is -0.199. The number of alkyl halides is 3. The molecule has 17 heteroatoms. The summed E-state index contributed by atoms with van der Waals surface area (Å²) in [5, 5.41) is 11.6. The van der Waals surface area contributed by atoms with E-state index in [4.69, 9.17) is 14.0 Å². The van der Waals surface area contributed by atoms with Crippen molar-refractivity contribution in [3.05, 3.63) is 87.5 Å². The summed E-state index contributed by atoms with van der Waals surface area (Å²) in [5.41, 5.74) is -2.39. The number of fused-ring (bicyclic) bond motifs is 1. The lowest BCUT2D eigenvalue weighted by Gasteiger charge is -2.64. The van der Waals surface area contributed by atoms with Crippen molar-refractivity contribution in [3.8, 4) is 0 Å². The quantitative estimate of drug-likeness (QED) is 0.131. The number of ether oxygens (including phenoxy) is 1. The monoisotopic (exact) mass is 792 g/mol. The molecule has 13 nitrogen and oxygen atoms in total. The number of hydrogen-bond donors (Lipinski definition) is 4. The summed E-state index contributed by atoms with van der Waals surface area (Å²) >= 11 is 0. The van der Waals surface area contributed by atoms with Crippen molar-refractivity contribution >= 4 is 36.5 Å². The summed E-state index contributed by atoms with van der Waals surface area (Å²) in [6.07, 6.45) is -2.29. The fourth-order valence-corrected chi connectivity index (χ4v) is 9.27. The SMILES string of the molecule is CCOC(=O)c1cccc(NC(=O)N[C@]2(C)C[C@@H](C(=O)N[C@@H](CC)B3O[C@@H]4C[C@@H]5C[C@@H](C5(C)C)[C@]4(C)O3)n3c2nc(NCc2cccc(C(F)(F)F)c2)cc3=O)c1. The second kappa shape index (κ2) is 14.8. The highest BCUT2D eigenvalue weighted by atomic mass is 19.4. The molecule has 4 N–H and O–H groups in total. The molecule has 304 valence electrons. The molecule has 3 aliphatic carbocycles. The molecule has 0 radical (unpaired) electrons. The Balaban J connectivity index is 1.14. The molecule has 7 atom stereocenters. The maximum atomic E-state index is 14.3. The zero-order valence-electron chi connectivity index (χ0n) is 32.8. The van der Waals surface area contributed by atoms with Crippen LogP contribution in [0.25, 0.3) is 0 Å². The van der Waals surface area contributed by atoms with E-state index in [0.29, 0.717) is 23.8 Å². The summed E-state index contributed by atoms with van der Waals surface area (Å²) in [5.74, 6) is -0.651. The van der Waals surface area contributed by atoms with Crippen molar-refractivity contribution in [3.63, 3.8) is 0 Å². The van der Waals surface area contributed by atoms with Crippen molar-refractivity contribution in [2.45, 2.75) is 109 Å². The van der Waals surface area contributed by atoms with E-state index in [-0.39, 0.29) is 54.0 Å². The number of anilines is 2. The number of benzene rings is 2. The number of aromatic nitrogens is 2. The van der Waals surface area contributed by atoms with Gasteiger partial charge in [0.05, 0.1) is 40.9 Å². The average Bonchev–Trinajstić information content (AvgIpc) is 3.66. The molecule has 3 saturated carbocycles. The lowest BCUT2D eigenvalue weighted by Crippen LogP contribution is -2.65. The summed E-state index contributed by atoms with van der Waals surface area (Å²) in [4.78, 5) is 58.8. The van der Waals surface area contributed by atoms with Gasteiger partial charge in [0.15, 0.2) is 0 Å². The predicted octanol–water partition coefficient (Wildman–Crippen LogP) is 6.19. The highest BCUT2D eigenvalue weighted by Crippen LogP contribution is 2.65. The Morgan fingerprint density at radius 2 is 1.81 bits per heavy atom. The molecule has 0 unspecified atom stereocenters. The minimum atomic E-state index is -4.54. The molecule has 5 aliphatic rings. The molecule has 3 heterocycles. The van der Waals surface area contributed by atoms with E-state index in [1.54, 1.807) is 32.0 Å². The average molecular weight is 793 g/mol.